The molecule has 3 aromatic heterocycles. The Kier molecular flexibility index (Phi) is 12.9. The van der Waals surface area contributed by atoms with Crippen LogP contribution in [-0.4, -0.2) is 102 Å². The molecule has 2 aliphatic heterocycles. The average Bonchev–Trinajstić information content (AvgIpc) is 3.94. The van der Waals surface area contributed by atoms with E-state index >= 15 is 0 Å². The summed E-state index contributed by atoms with van der Waals surface area (Å²) in [7, 11) is 0. The number of nitrogens with one attached hydrogen (secondary N) is 3. The van der Waals surface area contributed by atoms with Gasteiger partial charge in [0.05, 0.1) is 27.9 Å². The van der Waals surface area contributed by atoms with Gasteiger partial charge in [-0.1, -0.05) is 70.0 Å². The number of aromatic amines is 1. The molecule has 316 valence electrons. The molecule has 7 rings (SSSR count). The minimum atomic E-state index is -0.884. The fraction of sp³-hybridized carbons (Fsp3) is 0.444. The summed E-state index contributed by atoms with van der Waals surface area (Å²) in [4.78, 5) is 65.5. The first-order valence-corrected chi connectivity index (χ1v) is 21.6. The lowest BCUT2D eigenvalue weighted by Gasteiger charge is -2.39. The molecule has 0 radical (unpaired) electrons. The van der Waals surface area contributed by atoms with Crippen LogP contribution in [0, 0.1) is 12.3 Å². The first-order chi connectivity index (χ1) is 28.7. The predicted molar refractivity (Wildman–Crippen MR) is 230 cm³/mol. The molecule has 2 aromatic carbocycles. The van der Waals surface area contributed by atoms with Crippen molar-refractivity contribution >= 4 is 46.0 Å². The topological polar surface area (TPSA) is 194 Å². The molecule has 14 nitrogen and oxygen atoms in total. The van der Waals surface area contributed by atoms with Crippen LogP contribution in [0.3, 0.4) is 0 Å². The van der Waals surface area contributed by atoms with E-state index in [1.165, 1.54) is 4.90 Å². The maximum Gasteiger partial charge on any atom is 0.246 e. The number of amides is 4. The largest absolute Gasteiger partial charge is 0.507 e. The Morgan fingerprint density at radius 2 is 1.68 bits per heavy atom. The SMILES string of the molecule is Cc1ncsc1-c1ccc(CNC(=O)[C@@H]2C[C@@H](O)CN2C(=O)C(NC(=O)CCCCCCC(=O)N2CC(c3cc4cc(-c5ccccc5O)nnc4[nH]3)C2)C(C)(C)C)cc1. The quantitative estimate of drug-likeness (QED) is 0.0807. The van der Waals surface area contributed by atoms with Gasteiger partial charge in [0.15, 0.2) is 5.65 Å². The van der Waals surface area contributed by atoms with E-state index < -0.39 is 23.6 Å². The van der Waals surface area contributed by atoms with Crippen molar-refractivity contribution in [1.82, 2.24) is 40.6 Å². The molecule has 0 saturated carbocycles. The highest BCUT2D eigenvalue weighted by Gasteiger charge is 2.44. The number of carbonyl (C=O) groups is 4. The summed E-state index contributed by atoms with van der Waals surface area (Å²) >= 11 is 1.58. The molecule has 2 aliphatic rings. The fourth-order valence-electron chi connectivity index (χ4n) is 7.96. The summed E-state index contributed by atoms with van der Waals surface area (Å²) in [5.41, 5.74) is 6.99. The van der Waals surface area contributed by atoms with E-state index in [2.05, 4.69) is 30.8 Å². The number of unbranched alkanes of at least 4 members (excludes halogenated alkanes) is 3. The summed E-state index contributed by atoms with van der Waals surface area (Å²) in [6.07, 6.45) is 2.86. The zero-order valence-electron chi connectivity index (χ0n) is 34.6. The molecule has 15 heteroatoms. The Balaban J connectivity index is 0.817. The van der Waals surface area contributed by atoms with E-state index in [0.29, 0.717) is 42.8 Å². The van der Waals surface area contributed by atoms with Crippen LogP contribution < -0.4 is 10.6 Å². The predicted octanol–water partition coefficient (Wildman–Crippen LogP) is 5.84. The number of nitrogens with zero attached hydrogens (tertiary/aromatic N) is 5. The standard InChI is InChI=1S/C45H54N8O6S/c1-27-40(60-26-47-27)29-17-15-28(16-18-29)22-46-43(58)36-21-32(54)25-53(36)44(59)41(45(2,3)4)49-38(56)13-7-5-6-8-14-39(57)52-23-31(24-52)34-19-30-20-35(50-51-42(30)48-34)33-11-9-10-12-37(33)55/h9-12,15-20,26,31-32,36,41,54-55H,5-8,13-14,21-25H2,1-4H3,(H,46,58)(H,48,51)(H,49,56)/t32-,36+,41?/m1/s1. The van der Waals surface area contributed by atoms with Crippen molar-refractivity contribution in [3.63, 3.8) is 0 Å². The Morgan fingerprint density at radius 1 is 0.950 bits per heavy atom. The number of aromatic nitrogens is 4. The Hall–Kier alpha value is -5.67. The van der Waals surface area contributed by atoms with E-state index in [4.69, 9.17) is 0 Å². The molecule has 0 bridgehead atoms. The minimum Gasteiger partial charge on any atom is -0.507 e. The van der Waals surface area contributed by atoms with Crippen LogP contribution in [0.15, 0.2) is 66.2 Å². The number of benzene rings is 2. The van der Waals surface area contributed by atoms with Gasteiger partial charge in [-0.2, -0.15) is 0 Å². The number of rotatable bonds is 15. The molecule has 2 saturated heterocycles. The van der Waals surface area contributed by atoms with Crippen molar-refractivity contribution in [2.45, 2.75) is 103 Å². The van der Waals surface area contributed by atoms with Gasteiger partial charge in [0.1, 0.15) is 17.8 Å². The third-order valence-electron chi connectivity index (χ3n) is 11.5. The smallest absolute Gasteiger partial charge is 0.246 e. The fourth-order valence-corrected chi connectivity index (χ4v) is 8.77. The maximum absolute atomic E-state index is 14.0. The molecule has 5 aromatic rings. The highest BCUT2D eigenvalue weighted by atomic mass is 32.1. The van der Waals surface area contributed by atoms with Crippen molar-refractivity contribution in [1.29, 1.82) is 0 Å². The highest BCUT2D eigenvalue weighted by Crippen LogP contribution is 2.33. The first kappa shape index (κ1) is 42.5. The van der Waals surface area contributed by atoms with Gasteiger partial charge >= 0.3 is 0 Å². The number of carbonyl (C=O) groups excluding carboxylic acids is 4. The van der Waals surface area contributed by atoms with Crippen molar-refractivity contribution in [3.05, 3.63) is 83.1 Å². The third kappa shape index (κ3) is 9.85. The molecule has 0 aliphatic carbocycles. The van der Waals surface area contributed by atoms with Gasteiger partial charge < -0.3 is 35.6 Å². The summed E-state index contributed by atoms with van der Waals surface area (Å²) in [6, 6.07) is 17.1. The maximum atomic E-state index is 14.0. The molecule has 1 unspecified atom stereocenters. The second-order valence-electron chi connectivity index (χ2n) is 17.1. The van der Waals surface area contributed by atoms with Gasteiger partial charge in [0.2, 0.25) is 23.6 Å². The van der Waals surface area contributed by atoms with Gasteiger partial charge in [0.25, 0.3) is 0 Å². The van der Waals surface area contributed by atoms with Crippen molar-refractivity contribution < 1.29 is 29.4 Å². The molecular weight excluding hydrogens is 781 g/mol. The lowest BCUT2D eigenvalue weighted by molar-refractivity contribution is -0.144. The van der Waals surface area contributed by atoms with E-state index in [1.54, 1.807) is 29.5 Å². The van der Waals surface area contributed by atoms with Crippen LogP contribution in [-0.2, 0) is 25.7 Å². The number of phenolic OH excluding ortho intramolecular Hbond substituents is 1. The number of para-hydroxylation sites is 1. The van der Waals surface area contributed by atoms with Crippen LogP contribution in [0.2, 0.25) is 0 Å². The normalized spacial score (nSPS) is 17.4. The molecule has 5 heterocycles. The van der Waals surface area contributed by atoms with Crippen LogP contribution in [0.25, 0.3) is 32.7 Å². The summed E-state index contributed by atoms with van der Waals surface area (Å²) in [5, 5.41) is 36.1. The Morgan fingerprint density at radius 3 is 2.38 bits per heavy atom. The number of H-pyrrole nitrogens is 1. The summed E-state index contributed by atoms with van der Waals surface area (Å²) in [5.74, 6) is -0.537. The molecular formula is C45H54N8O6S. The number of aliphatic hydroxyl groups is 1. The number of likely N-dealkylation sites (tertiary alicyclic amines) is 2. The molecule has 3 atom stereocenters. The minimum absolute atomic E-state index is 0.0139. The molecule has 2 fully saturated rings. The lowest BCUT2D eigenvalue weighted by atomic mass is 9.85. The molecule has 4 amide bonds. The lowest BCUT2D eigenvalue weighted by Crippen LogP contribution is -2.57. The summed E-state index contributed by atoms with van der Waals surface area (Å²) < 4.78 is 0. The van der Waals surface area contributed by atoms with E-state index in [0.717, 1.165) is 52.0 Å². The number of thiazole rings is 1. The zero-order chi connectivity index (χ0) is 42.6. The second kappa shape index (κ2) is 18.3. The molecule has 60 heavy (non-hydrogen) atoms. The third-order valence-corrected chi connectivity index (χ3v) is 12.5. The second-order valence-corrected chi connectivity index (χ2v) is 18.0. The Bertz CT molecular complexity index is 2330. The van der Waals surface area contributed by atoms with Crippen molar-refractivity contribution in [3.8, 4) is 27.4 Å². The van der Waals surface area contributed by atoms with Crippen molar-refractivity contribution in [2.75, 3.05) is 19.6 Å². The number of hydrogen-bond donors (Lipinski definition) is 5. The monoisotopic (exact) mass is 834 g/mol. The number of hydrogen-bond acceptors (Lipinski definition) is 10. The van der Waals surface area contributed by atoms with Gasteiger partial charge in [0, 0.05) is 68.0 Å². The number of β-amino-alcohol motifs (C(OH)–C–C–N with tert-alkyl or cyclic N) is 1. The summed E-state index contributed by atoms with van der Waals surface area (Å²) in [6.45, 7) is 9.13. The van der Waals surface area contributed by atoms with Crippen LogP contribution in [0.5, 0.6) is 5.75 Å². The number of phenols is 1. The van der Waals surface area contributed by atoms with Crippen molar-refractivity contribution in [2.24, 2.45) is 5.41 Å². The highest BCUT2D eigenvalue weighted by molar-refractivity contribution is 7.13. The zero-order valence-corrected chi connectivity index (χ0v) is 35.4. The first-order valence-electron chi connectivity index (χ1n) is 20.7. The number of fused-ring (bicyclic) bond motifs is 1. The number of aliphatic hydroxyl groups excluding tert-OH is 1. The Labute approximate surface area is 353 Å². The van der Waals surface area contributed by atoms with Gasteiger partial charge in [-0.3, -0.25) is 19.2 Å². The molecule has 0 spiro atoms. The van der Waals surface area contributed by atoms with Gasteiger partial charge in [-0.25, -0.2) is 4.98 Å². The number of aryl methyl sites for hydroxylation is 1. The van der Waals surface area contributed by atoms with Gasteiger partial charge in [-0.05, 0) is 60.6 Å². The van der Waals surface area contributed by atoms with Crippen LogP contribution >= 0.6 is 11.3 Å². The van der Waals surface area contributed by atoms with Gasteiger partial charge in [-0.15, -0.1) is 21.5 Å². The van der Waals surface area contributed by atoms with E-state index in [9.17, 15) is 29.4 Å². The average molecular weight is 835 g/mol. The molecule has 5 N–H and O–H groups in total. The number of aromatic hydroxyl groups is 1. The van der Waals surface area contributed by atoms with Crippen LogP contribution in [0.4, 0.5) is 0 Å². The van der Waals surface area contributed by atoms with E-state index in [1.807, 2.05) is 80.6 Å². The van der Waals surface area contributed by atoms with Crippen LogP contribution in [0.1, 0.15) is 88.6 Å². The van der Waals surface area contributed by atoms with E-state index in [-0.39, 0.29) is 61.2 Å².